The normalized spacial score (nSPS) is 12.2. The van der Waals surface area contributed by atoms with E-state index in [-0.39, 0.29) is 12.5 Å². The van der Waals surface area contributed by atoms with Gasteiger partial charge < -0.3 is 19.1 Å². The molecule has 0 unspecified atom stereocenters. The Morgan fingerprint density at radius 2 is 1.75 bits per heavy atom. The van der Waals surface area contributed by atoms with Crippen molar-refractivity contribution in [1.29, 1.82) is 0 Å². The number of benzene rings is 2. The molecule has 0 N–H and O–H groups in total. The molecule has 0 spiro atoms. The molecule has 1 amide bonds. The summed E-state index contributed by atoms with van der Waals surface area (Å²) in [7, 11) is 0. The van der Waals surface area contributed by atoms with Gasteiger partial charge in [-0.2, -0.15) is 5.10 Å². The number of amides is 1. The minimum atomic E-state index is -0.638. The molecule has 3 aromatic rings. The van der Waals surface area contributed by atoms with Gasteiger partial charge in [-0.3, -0.25) is 4.79 Å². The summed E-state index contributed by atoms with van der Waals surface area (Å²) in [5.74, 6) is 0.357. The van der Waals surface area contributed by atoms with E-state index in [9.17, 15) is 9.59 Å². The van der Waals surface area contributed by atoms with Crippen LogP contribution in [0.1, 0.15) is 5.56 Å². The van der Waals surface area contributed by atoms with Crippen molar-refractivity contribution in [3.8, 4) is 28.4 Å². The van der Waals surface area contributed by atoms with Crippen molar-refractivity contribution in [3.05, 3.63) is 91.7 Å². The van der Waals surface area contributed by atoms with Crippen LogP contribution >= 0.6 is 0 Å². The number of ether oxygens (including phenoxy) is 3. The van der Waals surface area contributed by atoms with Crippen LogP contribution in [0, 0.1) is 0 Å². The molecular weight excluding hydrogens is 458 g/mol. The Morgan fingerprint density at radius 1 is 1.03 bits per heavy atom. The first-order valence-electron chi connectivity index (χ1n) is 11.5. The Labute approximate surface area is 209 Å². The standard InChI is InChI=1S/C28H27N3O5/c1-3-14-30(15-4-2)26(32)20-36-27(33)13-11-22-19-31(23-8-6-5-7-9-23)29-28(22)21-10-12-24-25(18-21)35-17-16-34-24/h3-13,18-19H,1-2,14-17,20H2/b13-11+. The van der Waals surface area contributed by atoms with Crippen LogP contribution < -0.4 is 9.47 Å². The van der Waals surface area contributed by atoms with Crippen LogP contribution in [-0.2, 0) is 14.3 Å². The van der Waals surface area contributed by atoms with Crippen molar-refractivity contribution >= 4 is 18.0 Å². The zero-order valence-electron chi connectivity index (χ0n) is 19.8. The maximum absolute atomic E-state index is 12.4. The maximum atomic E-state index is 12.4. The number of hydrogen-bond acceptors (Lipinski definition) is 6. The van der Waals surface area contributed by atoms with Gasteiger partial charge in [0.2, 0.25) is 0 Å². The van der Waals surface area contributed by atoms with Gasteiger partial charge in [0.15, 0.2) is 18.1 Å². The number of nitrogens with zero attached hydrogens (tertiary/aromatic N) is 3. The third-order valence-electron chi connectivity index (χ3n) is 5.37. The topological polar surface area (TPSA) is 82.9 Å². The average Bonchev–Trinajstić information content (AvgIpc) is 3.35. The van der Waals surface area contributed by atoms with Crippen molar-refractivity contribution in [2.24, 2.45) is 0 Å². The number of hydrogen-bond donors (Lipinski definition) is 0. The molecule has 0 fully saturated rings. The fourth-order valence-corrected chi connectivity index (χ4v) is 3.66. The SMILES string of the molecule is C=CCN(CC=C)C(=O)COC(=O)/C=C/c1cn(-c2ccccc2)nc1-c1ccc2c(c1)OCCO2. The number of aromatic nitrogens is 2. The lowest BCUT2D eigenvalue weighted by molar-refractivity contribution is -0.147. The van der Waals surface area contributed by atoms with Crippen LogP contribution in [0.3, 0.4) is 0 Å². The van der Waals surface area contributed by atoms with E-state index in [1.165, 1.54) is 11.0 Å². The van der Waals surface area contributed by atoms with E-state index >= 15 is 0 Å². The largest absolute Gasteiger partial charge is 0.486 e. The molecule has 1 aliphatic rings. The van der Waals surface area contributed by atoms with Crippen molar-refractivity contribution in [3.63, 3.8) is 0 Å². The van der Waals surface area contributed by atoms with Crippen molar-refractivity contribution in [2.75, 3.05) is 32.9 Å². The molecule has 4 rings (SSSR count). The minimum Gasteiger partial charge on any atom is -0.486 e. The highest BCUT2D eigenvalue weighted by molar-refractivity contribution is 5.90. The highest BCUT2D eigenvalue weighted by Gasteiger charge is 2.17. The van der Waals surface area contributed by atoms with Crippen LogP contribution in [0.2, 0.25) is 0 Å². The summed E-state index contributed by atoms with van der Waals surface area (Å²) in [5.41, 5.74) is 3.02. The first-order valence-corrected chi connectivity index (χ1v) is 11.5. The number of fused-ring (bicyclic) bond motifs is 1. The number of carbonyl (C=O) groups is 2. The van der Waals surface area contributed by atoms with Gasteiger partial charge >= 0.3 is 5.97 Å². The highest BCUT2D eigenvalue weighted by atomic mass is 16.6. The Hall–Kier alpha value is -4.59. The third kappa shape index (κ3) is 5.90. The van der Waals surface area contributed by atoms with Gasteiger partial charge in [0.25, 0.3) is 5.91 Å². The van der Waals surface area contributed by atoms with Gasteiger partial charge in [-0.05, 0) is 36.4 Å². The molecule has 8 heteroatoms. The Morgan fingerprint density at radius 3 is 2.47 bits per heavy atom. The predicted octanol–water partition coefficient (Wildman–Crippen LogP) is 4.07. The summed E-state index contributed by atoms with van der Waals surface area (Å²) in [6.07, 6.45) is 7.94. The molecule has 36 heavy (non-hydrogen) atoms. The molecule has 0 saturated heterocycles. The third-order valence-corrected chi connectivity index (χ3v) is 5.37. The Balaban J connectivity index is 1.55. The number of para-hydroxylation sites is 1. The van der Waals surface area contributed by atoms with Crippen LogP contribution in [-0.4, -0.2) is 59.5 Å². The second kappa shape index (κ2) is 11.7. The molecule has 0 radical (unpaired) electrons. The second-order valence-electron chi connectivity index (χ2n) is 7.89. The van der Waals surface area contributed by atoms with E-state index in [1.807, 2.05) is 54.7 Å². The minimum absolute atomic E-state index is 0.328. The summed E-state index contributed by atoms with van der Waals surface area (Å²) in [4.78, 5) is 26.2. The lowest BCUT2D eigenvalue weighted by atomic mass is 10.1. The molecule has 0 bridgehead atoms. The molecule has 0 saturated carbocycles. The zero-order chi connectivity index (χ0) is 25.3. The van der Waals surface area contributed by atoms with E-state index in [2.05, 4.69) is 13.2 Å². The molecule has 2 heterocycles. The predicted molar refractivity (Wildman–Crippen MR) is 137 cm³/mol. The van der Waals surface area contributed by atoms with Crippen molar-refractivity contribution in [2.45, 2.75) is 0 Å². The second-order valence-corrected chi connectivity index (χ2v) is 7.89. The van der Waals surface area contributed by atoms with Gasteiger partial charge in [-0.1, -0.05) is 30.4 Å². The highest BCUT2D eigenvalue weighted by Crippen LogP contribution is 2.35. The van der Waals surface area contributed by atoms with Crippen molar-refractivity contribution in [1.82, 2.24) is 14.7 Å². The molecule has 8 nitrogen and oxygen atoms in total. The molecular formula is C28H27N3O5. The van der Waals surface area contributed by atoms with Gasteiger partial charge in [-0.15, -0.1) is 13.2 Å². The first kappa shape index (κ1) is 24.5. The summed E-state index contributed by atoms with van der Waals surface area (Å²) in [6.45, 7) is 8.56. The first-order chi connectivity index (χ1) is 17.6. The monoisotopic (exact) mass is 485 g/mol. The summed E-state index contributed by atoms with van der Waals surface area (Å²) in [5, 5.41) is 4.75. The quantitative estimate of drug-likeness (QED) is 0.245. The lowest BCUT2D eigenvalue weighted by Gasteiger charge is -2.18. The van der Waals surface area contributed by atoms with Gasteiger partial charge in [0.1, 0.15) is 18.9 Å². The number of rotatable bonds is 10. The van der Waals surface area contributed by atoms with Crippen LogP contribution in [0.25, 0.3) is 23.0 Å². The number of esters is 1. The lowest BCUT2D eigenvalue weighted by Crippen LogP contribution is -2.34. The maximum Gasteiger partial charge on any atom is 0.331 e. The van der Waals surface area contributed by atoms with E-state index < -0.39 is 5.97 Å². The Bertz CT molecular complexity index is 1270. The molecule has 184 valence electrons. The fraction of sp³-hybridized carbons (Fsp3) is 0.179. The van der Waals surface area contributed by atoms with E-state index in [1.54, 1.807) is 22.9 Å². The van der Waals surface area contributed by atoms with Crippen LogP contribution in [0.15, 0.2) is 86.1 Å². The van der Waals surface area contributed by atoms with E-state index in [0.29, 0.717) is 49.1 Å². The zero-order valence-corrected chi connectivity index (χ0v) is 19.8. The van der Waals surface area contributed by atoms with Crippen LogP contribution in [0.4, 0.5) is 0 Å². The number of carbonyl (C=O) groups excluding carboxylic acids is 2. The van der Waals surface area contributed by atoms with Gasteiger partial charge in [0.05, 0.1) is 5.69 Å². The fourth-order valence-electron chi connectivity index (χ4n) is 3.66. The molecule has 1 aliphatic heterocycles. The van der Waals surface area contributed by atoms with E-state index in [4.69, 9.17) is 19.3 Å². The summed E-state index contributed by atoms with van der Waals surface area (Å²) >= 11 is 0. The molecule has 1 aromatic heterocycles. The molecule has 2 aromatic carbocycles. The summed E-state index contributed by atoms with van der Waals surface area (Å²) in [6, 6.07) is 15.3. The van der Waals surface area contributed by atoms with Gasteiger partial charge in [-0.25, -0.2) is 9.48 Å². The molecule has 0 atom stereocenters. The summed E-state index contributed by atoms with van der Waals surface area (Å²) < 4.78 is 18.2. The molecule has 0 aliphatic carbocycles. The van der Waals surface area contributed by atoms with E-state index in [0.717, 1.165) is 11.3 Å². The van der Waals surface area contributed by atoms with Crippen molar-refractivity contribution < 1.29 is 23.8 Å². The van der Waals surface area contributed by atoms with Gasteiger partial charge in [0, 0.05) is 36.5 Å². The average molecular weight is 486 g/mol. The Kier molecular flexibility index (Phi) is 7.97. The van der Waals surface area contributed by atoms with Crippen LogP contribution in [0.5, 0.6) is 11.5 Å². The smallest absolute Gasteiger partial charge is 0.331 e.